The highest BCUT2D eigenvalue weighted by Crippen LogP contribution is 2.20. The van der Waals surface area contributed by atoms with Crippen LogP contribution in [0.5, 0.6) is 5.75 Å². The molecule has 1 fully saturated rings. The van der Waals surface area contributed by atoms with Crippen LogP contribution in [-0.2, 0) is 11.2 Å². The first-order valence-corrected chi connectivity index (χ1v) is 6.90. The highest BCUT2D eigenvalue weighted by molar-refractivity contribution is 5.79. The minimum absolute atomic E-state index is 0.113. The third-order valence-corrected chi connectivity index (χ3v) is 3.70. The van der Waals surface area contributed by atoms with E-state index in [0.717, 1.165) is 26.1 Å². The molecule has 1 heterocycles. The summed E-state index contributed by atoms with van der Waals surface area (Å²) in [6.45, 7) is 2.63. The van der Waals surface area contributed by atoms with Gasteiger partial charge >= 0.3 is 0 Å². The molecule has 1 atom stereocenters. The fourth-order valence-electron chi connectivity index (χ4n) is 2.68. The number of aromatic hydroxyl groups is 1. The second kappa shape index (κ2) is 6.57. The molecule has 0 bridgehead atoms. The third kappa shape index (κ3) is 3.70. The number of nitrogens with one attached hydrogen (secondary N) is 1. The van der Waals surface area contributed by atoms with Crippen molar-refractivity contribution in [3.05, 3.63) is 29.8 Å². The van der Waals surface area contributed by atoms with Gasteiger partial charge in [0.05, 0.1) is 6.42 Å². The average Bonchev–Trinajstić information content (AvgIpc) is 2.42. The molecule has 0 aliphatic carbocycles. The summed E-state index contributed by atoms with van der Waals surface area (Å²) < 4.78 is 0. The molecule has 0 spiro atoms. The highest BCUT2D eigenvalue weighted by atomic mass is 16.3. The Morgan fingerprint density at radius 1 is 1.47 bits per heavy atom. The van der Waals surface area contributed by atoms with Gasteiger partial charge in [0.15, 0.2) is 0 Å². The summed E-state index contributed by atoms with van der Waals surface area (Å²) in [5.41, 5.74) is 0.711. The number of likely N-dealkylation sites (tertiary alicyclic amines) is 1. The van der Waals surface area contributed by atoms with Gasteiger partial charge in [0, 0.05) is 18.7 Å². The molecule has 4 nitrogen and oxygen atoms in total. The van der Waals surface area contributed by atoms with Crippen molar-refractivity contribution in [1.29, 1.82) is 0 Å². The van der Waals surface area contributed by atoms with E-state index in [2.05, 4.69) is 5.32 Å². The van der Waals surface area contributed by atoms with Crippen LogP contribution >= 0.6 is 0 Å². The number of hydrogen-bond donors (Lipinski definition) is 2. The lowest BCUT2D eigenvalue weighted by Crippen LogP contribution is -2.43. The topological polar surface area (TPSA) is 52.6 Å². The predicted octanol–water partition coefficient (Wildman–Crippen LogP) is 1.39. The lowest BCUT2D eigenvalue weighted by Gasteiger charge is -2.32. The Labute approximate surface area is 114 Å². The number of rotatable bonds is 4. The van der Waals surface area contributed by atoms with Crippen molar-refractivity contribution in [3.63, 3.8) is 0 Å². The van der Waals surface area contributed by atoms with Crippen LogP contribution in [0.2, 0.25) is 0 Å². The van der Waals surface area contributed by atoms with E-state index in [1.165, 1.54) is 6.42 Å². The van der Waals surface area contributed by atoms with E-state index in [1.54, 1.807) is 12.1 Å². The fourth-order valence-corrected chi connectivity index (χ4v) is 2.68. The van der Waals surface area contributed by atoms with Crippen LogP contribution < -0.4 is 5.32 Å². The maximum atomic E-state index is 12.3. The molecule has 0 radical (unpaired) electrons. The number of para-hydroxylation sites is 1. The van der Waals surface area contributed by atoms with E-state index in [0.29, 0.717) is 17.9 Å². The normalized spacial score (nSPS) is 19.4. The highest BCUT2D eigenvalue weighted by Gasteiger charge is 2.23. The molecule has 1 aliphatic rings. The quantitative estimate of drug-likeness (QED) is 0.862. The Balaban J connectivity index is 1.94. The molecule has 1 aromatic rings. The maximum absolute atomic E-state index is 12.3. The third-order valence-electron chi connectivity index (χ3n) is 3.70. The van der Waals surface area contributed by atoms with E-state index in [1.807, 2.05) is 24.1 Å². The van der Waals surface area contributed by atoms with Gasteiger partial charge in [0.1, 0.15) is 5.75 Å². The Morgan fingerprint density at radius 3 is 3.00 bits per heavy atom. The van der Waals surface area contributed by atoms with Crippen molar-refractivity contribution in [2.45, 2.75) is 19.3 Å². The van der Waals surface area contributed by atoms with Crippen LogP contribution in [0, 0.1) is 5.92 Å². The van der Waals surface area contributed by atoms with Crippen molar-refractivity contribution in [2.24, 2.45) is 5.92 Å². The molecule has 1 unspecified atom stereocenters. The monoisotopic (exact) mass is 262 g/mol. The standard InChI is InChI=1S/C15H22N2O2/c1-16-10-12-5-4-8-17(11-12)15(19)9-13-6-2-3-7-14(13)18/h2-3,6-7,12,16,18H,4-5,8-11H2,1H3. The van der Waals surface area contributed by atoms with Gasteiger partial charge in [-0.3, -0.25) is 4.79 Å². The van der Waals surface area contributed by atoms with Gasteiger partial charge in [0.2, 0.25) is 5.91 Å². The molecule has 1 saturated heterocycles. The molecular weight excluding hydrogens is 240 g/mol. The molecule has 0 saturated carbocycles. The summed E-state index contributed by atoms with van der Waals surface area (Å²) in [7, 11) is 1.95. The van der Waals surface area contributed by atoms with E-state index in [9.17, 15) is 9.90 Å². The molecular formula is C15H22N2O2. The molecule has 19 heavy (non-hydrogen) atoms. The minimum Gasteiger partial charge on any atom is -0.508 e. The first kappa shape index (κ1) is 13.9. The zero-order chi connectivity index (χ0) is 13.7. The Hall–Kier alpha value is -1.55. The number of hydrogen-bond acceptors (Lipinski definition) is 3. The summed E-state index contributed by atoms with van der Waals surface area (Å²) >= 11 is 0. The summed E-state index contributed by atoms with van der Waals surface area (Å²) in [5.74, 6) is 0.869. The van der Waals surface area contributed by atoms with Crippen molar-refractivity contribution in [2.75, 3.05) is 26.7 Å². The number of nitrogens with zero attached hydrogens (tertiary/aromatic N) is 1. The van der Waals surface area contributed by atoms with E-state index in [4.69, 9.17) is 0 Å². The number of phenolic OH excluding ortho intramolecular Hbond substituents is 1. The second-order valence-corrected chi connectivity index (χ2v) is 5.21. The number of piperidine rings is 1. The molecule has 0 aromatic heterocycles. The van der Waals surface area contributed by atoms with Gasteiger partial charge in [-0.1, -0.05) is 18.2 Å². The van der Waals surface area contributed by atoms with Gasteiger partial charge in [0.25, 0.3) is 0 Å². The van der Waals surface area contributed by atoms with Crippen LogP contribution in [-0.4, -0.2) is 42.6 Å². The number of amides is 1. The van der Waals surface area contributed by atoms with E-state index in [-0.39, 0.29) is 11.7 Å². The van der Waals surface area contributed by atoms with Crippen LogP contribution in [0.3, 0.4) is 0 Å². The lowest BCUT2D eigenvalue weighted by atomic mass is 9.97. The molecule has 1 amide bonds. The number of phenols is 1. The zero-order valence-corrected chi connectivity index (χ0v) is 11.4. The SMILES string of the molecule is CNCC1CCCN(C(=O)Cc2ccccc2O)C1. The van der Waals surface area contributed by atoms with Crippen LogP contribution in [0.15, 0.2) is 24.3 Å². The lowest BCUT2D eigenvalue weighted by molar-refractivity contribution is -0.132. The molecule has 104 valence electrons. The zero-order valence-electron chi connectivity index (χ0n) is 11.4. The van der Waals surface area contributed by atoms with Crippen molar-refractivity contribution < 1.29 is 9.90 Å². The Morgan fingerprint density at radius 2 is 2.26 bits per heavy atom. The molecule has 1 aliphatic heterocycles. The Bertz CT molecular complexity index is 432. The first-order chi connectivity index (χ1) is 9.20. The van der Waals surface area contributed by atoms with Gasteiger partial charge in [-0.2, -0.15) is 0 Å². The summed E-state index contributed by atoms with van der Waals surface area (Å²) in [6.07, 6.45) is 2.54. The van der Waals surface area contributed by atoms with E-state index < -0.39 is 0 Å². The number of carbonyl (C=O) groups excluding carboxylic acids is 1. The summed E-state index contributed by atoms with van der Waals surface area (Å²) in [6, 6.07) is 7.06. The van der Waals surface area contributed by atoms with Crippen LogP contribution in [0.1, 0.15) is 18.4 Å². The number of benzene rings is 1. The number of carbonyl (C=O) groups is 1. The summed E-state index contributed by atoms with van der Waals surface area (Å²) in [4.78, 5) is 14.2. The van der Waals surface area contributed by atoms with Gasteiger partial charge in [-0.25, -0.2) is 0 Å². The average molecular weight is 262 g/mol. The predicted molar refractivity (Wildman–Crippen MR) is 75.0 cm³/mol. The largest absolute Gasteiger partial charge is 0.508 e. The fraction of sp³-hybridized carbons (Fsp3) is 0.533. The smallest absolute Gasteiger partial charge is 0.227 e. The van der Waals surface area contributed by atoms with Crippen molar-refractivity contribution >= 4 is 5.91 Å². The second-order valence-electron chi connectivity index (χ2n) is 5.21. The molecule has 4 heteroatoms. The van der Waals surface area contributed by atoms with Crippen molar-refractivity contribution in [1.82, 2.24) is 10.2 Å². The van der Waals surface area contributed by atoms with Crippen LogP contribution in [0.4, 0.5) is 0 Å². The van der Waals surface area contributed by atoms with Gasteiger partial charge in [-0.15, -0.1) is 0 Å². The van der Waals surface area contributed by atoms with Gasteiger partial charge in [-0.05, 0) is 38.4 Å². The van der Waals surface area contributed by atoms with Crippen LogP contribution in [0.25, 0.3) is 0 Å². The molecule has 2 rings (SSSR count). The maximum Gasteiger partial charge on any atom is 0.227 e. The molecule has 1 aromatic carbocycles. The van der Waals surface area contributed by atoms with Gasteiger partial charge < -0.3 is 15.3 Å². The minimum atomic E-state index is 0.113. The molecule has 2 N–H and O–H groups in total. The first-order valence-electron chi connectivity index (χ1n) is 6.90. The van der Waals surface area contributed by atoms with E-state index >= 15 is 0 Å². The summed E-state index contributed by atoms with van der Waals surface area (Å²) in [5, 5.41) is 12.9. The van der Waals surface area contributed by atoms with Crippen molar-refractivity contribution in [3.8, 4) is 5.75 Å². The Kier molecular flexibility index (Phi) is 4.80.